The van der Waals surface area contributed by atoms with E-state index in [0.717, 1.165) is 37.0 Å². The molecule has 3 heteroatoms. The van der Waals surface area contributed by atoms with E-state index in [1.165, 1.54) is 38.5 Å². The van der Waals surface area contributed by atoms with E-state index in [1.807, 2.05) is 0 Å². The largest absolute Gasteiger partial charge is 0.393 e. The molecule has 4 aliphatic carbocycles. The molecule has 0 aliphatic heterocycles. The normalized spacial score (nSPS) is 49.5. The molecule has 0 unspecified atom stereocenters. The van der Waals surface area contributed by atoms with E-state index < -0.39 is 11.7 Å². The van der Waals surface area contributed by atoms with Gasteiger partial charge in [0.15, 0.2) is 5.78 Å². The Labute approximate surface area is 184 Å². The van der Waals surface area contributed by atoms with Crippen LogP contribution in [0.15, 0.2) is 0 Å². The SMILES string of the molecule is CC(C)CCC[C@H](C)[C@@H]1CC[C@@H]2[C@H]3CC(=O)[C@@]4(O)C[C@@H](O)CC[C@]4(C)[C@@H]3CC[C@@]21C. The van der Waals surface area contributed by atoms with E-state index >= 15 is 0 Å². The van der Waals surface area contributed by atoms with Gasteiger partial charge < -0.3 is 10.2 Å². The number of hydrogen-bond acceptors (Lipinski definition) is 3. The first kappa shape index (κ1) is 22.8. The average Bonchev–Trinajstić information content (AvgIpc) is 3.01. The lowest BCUT2D eigenvalue weighted by Crippen LogP contribution is -2.67. The quantitative estimate of drug-likeness (QED) is 0.596. The third-order valence-electron chi connectivity index (χ3n) is 10.8. The standard InChI is InChI=1S/C27H46O3/c1-17(2)7-6-8-18(3)21-9-10-22-20-15-24(29)27(30)16-19(28)11-14-26(27,5)23(20)12-13-25(21,22)4/h17-23,28,30H,6-16H2,1-5H3/t18-,19-,20+,21-,22+,23+,25+,26+,27-/m0/s1. The molecule has 0 aromatic heterocycles. The Morgan fingerprint density at radius 3 is 2.43 bits per heavy atom. The van der Waals surface area contributed by atoms with E-state index in [9.17, 15) is 15.0 Å². The van der Waals surface area contributed by atoms with Crippen molar-refractivity contribution < 1.29 is 15.0 Å². The van der Waals surface area contributed by atoms with Crippen molar-refractivity contribution >= 4 is 5.78 Å². The van der Waals surface area contributed by atoms with Gasteiger partial charge in [-0.25, -0.2) is 0 Å². The monoisotopic (exact) mass is 418 g/mol. The molecule has 4 rings (SSSR count). The van der Waals surface area contributed by atoms with E-state index in [1.54, 1.807) is 0 Å². The number of hydrogen-bond donors (Lipinski definition) is 2. The molecule has 4 fully saturated rings. The highest BCUT2D eigenvalue weighted by Crippen LogP contribution is 2.68. The van der Waals surface area contributed by atoms with Gasteiger partial charge in [-0.1, -0.05) is 53.9 Å². The van der Waals surface area contributed by atoms with Gasteiger partial charge in [-0.15, -0.1) is 0 Å². The maximum atomic E-state index is 13.3. The minimum absolute atomic E-state index is 0.0303. The summed E-state index contributed by atoms with van der Waals surface area (Å²) in [7, 11) is 0. The number of Topliss-reactive ketones (excluding diaryl/α,β-unsaturated/α-hetero) is 1. The smallest absolute Gasteiger partial charge is 0.165 e. The minimum Gasteiger partial charge on any atom is -0.393 e. The van der Waals surface area contributed by atoms with E-state index in [0.29, 0.717) is 29.6 Å². The van der Waals surface area contributed by atoms with Crippen LogP contribution in [0.2, 0.25) is 0 Å². The number of carbonyl (C=O) groups is 1. The second kappa shape index (κ2) is 7.87. The van der Waals surface area contributed by atoms with Gasteiger partial charge in [0.25, 0.3) is 0 Å². The summed E-state index contributed by atoms with van der Waals surface area (Å²) in [6, 6.07) is 0. The molecule has 4 saturated carbocycles. The molecule has 0 aromatic rings. The van der Waals surface area contributed by atoms with Crippen LogP contribution in [0.25, 0.3) is 0 Å². The average molecular weight is 419 g/mol. The van der Waals surface area contributed by atoms with Gasteiger partial charge in [0.05, 0.1) is 6.10 Å². The summed E-state index contributed by atoms with van der Waals surface area (Å²) in [5.41, 5.74) is -1.30. The first-order valence-electron chi connectivity index (χ1n) is 13.0. The van der Waals surface area contributed by atoms with Crippen molar-refractivity contribution in [2.45, 2.75) is 117 Å². The molecule has 3 nitrogen and oxygen atoms in total. The van der Waals surface area contributed by atoms with Gasteiger partial charge in [-0.3, -0.25) is 4.79 Å². The maximum absolute atomic E-state index is 13.3. The zero-order valence-electron chi connectivity index (χ0n) is 20.1. The van der Waals surface area contributed by atoms with E-state index in [2.05, 4.69) is 34.6 Å². The van der Waals surface area contributed by atoms with Crippen molar-refractivity contribution in [1.29, 1.82) is 0 Å². The number of aliphatic hydroxyl groups excluding tert-OH is 1. The summed E-state index contributed by atoms with van der Waals surface area (Å²) in [6.45, 7) is 11.9. The van der Waals surface area contributed by atoms with Crippen LogP contribution < -0.4 is 0 Å². The Kier molecular flexibility index (Phi) is 5.97. The van der Waals surface area contributed by atoms with Crippen molar-refractivity contribution in [1.82, 2.24) is 0 Å². The Balaban J connectivity index is 1.54. The van der Waals surface area contributed by atoms with Crippen LogP contribution in [0.3, 0.4) is 0 Å². The number of ketones is 1. The Morgan fingerprint density at radius 2 is 1.73 bits per heavy atom. The van der Waals surface area contributed by atoms with Crippen LogP contribution in [-0.4, -0.2) is 27.7 Å². The molecule has 0 heterocycles. The lowest BCUT2D eigenvalue weighted by Gasteiger charge is -2.63. The summed E-state index contributed by atoms with van der Waals surface area (Å²) < 4.78 is 0. The first-order chi connectivity index (χ1) is 14.0. The maximum Gasteiger partial charge on any atom is 0.165 e. The molecule has 0 spiro atoms. The summed E-state index contributed by atoms with van der Waals surface area (Å²) in [5, 5.41) is 21.7. The highest BCUT2D eigenvalue weighted by atomic mass is 16.3. The second-order valence-electron chi connectivity index (χ2n) is 12.7. The molecule has 0 radical (unpaired) electrons. The first-order valence-corrected chi connectivity index (χ1v) is 13.0. The number of fused-ring (bicyclic) bond motifs is 5. The lowest BCUT2D eigenvalue weighted by molar-refractivity contribution is -0.213. The van der Waals surface area contributed by atoms with Gasteiger partial charge in [-0.05, 0) is 79.4 Å². The highest BCUT2D eigenvalue weighted by molar-refractivity contribution is 5.89. The van der Waals surface area contributed by atoms with Gasteiger partial charge in [0.2, 0.25) is 0 Å². The van der Waals surface area contributed by atoms with Crippen LogP contribution >= 0.6 is 0 Å². The summed E-state index contributed by atoms with van der Waals surface area (Å²) in [4.78, 5) is 13.3. The molecule has 0 bridgehead atoms. The summed E-state index contributed by atoms with van der Waals surface area (Å²) in [6.07, 6.45) is 10.8. The second-order valence-corrected chi connectivity index (χ2v) is 12.7. The third kappa shape index (κ3) is 3.33. The van der Waals surface area contributed by atoms with Gasteiger partial charge in [0.1, 0.15) is 5.60 Å². The molecule has 0 saturated heterocycles. The van der Waals surface area contributed by atoms with Crippen LogP contribution in [0.4, 0.5) is 0 Å². The minimum atomic E-state index is -1.30. The van der Waals surface area contributed by atoms with Crippen molar-refractivity contribution in [3.63, 3.8) is 0 Å². The topological polar surface area (TPSA) is 57.5 Å². The molecule has 4 aliphatic rings. The van der Waals surface area contributed by atoms with Crippen LogP contribution in [0, 0.1) is 46.3 Å². The highest BCUT2D eigenvalue weighted by Gasteiger charge is 2.67. The number of aliphatic hydroxyl groups is 2. The molecule has 30 heavy (non-hydrogen) atoms. The molecule has 0 amide bonds. The number of rotatable bonds is 5. The fourth-order valence-corrected chi connectivity index (χ4v) is 9.04. The van der Waals surface area contributed by atoms with E-state index in [-0.39, 0.29) is 17.6 Å². The molecule has 2 N–H and O–H groups in total. The molecular weight excluding hydrogens is 372 g/mol. The summed E-state index contributed by atoms with van der Waals surface area (Å²) >= 11 is 0. The molecule has 0 aromatic carbocycles. The Morgan fingerprint density at radius 1 is 1.00 bits per heavy atom. The van der Waals surface area contributed by atoms with Crippen LogP contribution in [0.5, 0.6) is 0 Å². The zero-order valence-corrected chi connectivity index (χ0v) is 20.1. The fraction of sp³-hybridized carbons (Fsp3) is 0.963. The predicted octanol–water partition coefficient (Wildman–Crippen LogP) is 5.76. The van der Waals surface area contributed by atoms with E-state index in [4.69, 9.17) is 0 Å². The zero-order chi connectivity index (χ0) is 21.9. The predicted molar refractivity (Wildman–Crippen MR) is 121 cm³/mol. The van der Waals surface area contributed by atoms with Crippen LogP contribution in [0.1, 0.15) is 105 Å². The number of carbonyl (C=O) groups excluding carboxylic acids is 1. The summed E-state index contributed by atoms with van der Waals surface area (Å²) in [5.74, 6) is 3.87. The molecule has 172 valence electrons. The molecular formula is C27H46O3. The third-order valence-corrected chi connectivity index (χ3v) is 10.8. The molecule has 9 atom stereocenters. The van der Waals surface area contributed by atoms with Crippen molar-refractivity contribution in [2.24, 2.45) is 46.3 Å². The van der Waals surface area contributed by atoms with Crippen molar-refractivity contribution in [2.75, 3.05) is 0 Å². The Hall–Kier alpha value is -0.410. The fourth-order valence-electron chi connectivity index (χ4n) is 9.04. The van der Waals surface area contributed by atoms with Crippen molar-refractivity contribution in [3.8, 4) is 0 Å². The van der Waals surface area contributed by atoms with Crippen LogP contribution in [-0.2, 0) is 4.79 Å². The van der Waals surface area contributed by atoms with Gasteiger partial charge in [0, 0.05) is 18.3 Å². The van der Waals surface area contributed by atoms with Gasteiger partial charge in [-0.2, -0.15) is 0 Å². The van der Waals surface area contributed by atoms with Gasteiger partial charge >= 0.3 is 0 Å². The lowest BCUT2D eigenvalue weighted by atomic mass is 9.42. The van der Waals surface area contributed by atoms with Crippen molar-refractivity contribution in [3.05, 3.63) is 0 Å². The Bertz CT molecular complexity index is 658.